The van der Waals surface area contributed by atoms with Gasteiger partial charge in [-0.3, -0.25) is 4.79 Å². The quantitative estimate of drug-likeness (QED) is 0.745. The van der Waals surface area contributed by atoms with E-state index in [-0.39, 0.29) is 24.9 Å². The predicted octanol–water partition coefficient (Wildman–Crippen LogP) is 2.02. The number of rotatable bonds is 5. The summed E-state index contributed by atoms with van der Waals surface area (Å²) in [4.78, 5) is 18.5. The average Bonchev–Trinajstić information content (AvgIpc) is 3.09. The fraction of sp³-hybridized carbons (Fsp3) is 0.471. The van der Waals surface area contributed by atoms with Crippen LogP contribution in [-0.2, 0) is 21.4 Å². The van der Waals surface area contributed by atoms with E-state index < -0.39 is 10.0 Å². The Bertz CT molecular complexity index is 913. The third-order valence-electron chi connectivity index (χ3n) is 4.52. The maximum atomic E-state index is 12.7. The molecule has 0 bridgehead atoms. The van der Waals surface area contributed by atoms with Crippen LogP contribution >= 0.6 is 11.6 Å². The van der Waals surface area contributed by atoms with Crippen molar-refractivity contribution in [1.82, 2.24) is 19.3 Å². The van der Waals surface area contributed by atoms with Gasteiger partial charge in [-0.25, -0.2) is 12.7 Å². The first-order valence-electron chi connectivity index (χ1n) is 8.52. The molecule has 0 spiro atoms. The lowest BCUT2D eigenvalue weighted by molar-refractivity contribution is -0.136. The van der Waals surface area contributed by atoms with E-state index >= 15 is 0 Å². The molecule has 1 aliphatic rings. The summed E-state index contributed by atoms with van der Waals surface area (Å²) in [5.41, 5.74) is 0.763. The first kappa shape index (κ1) is 19.8. The highest BCUT2D eigenvalue weighted by molar-refractivity contribution is 7.88. The predicted molar refractivity (Wildman–Crippen MR) is 100 cm³/mol. The molecule has 10 heteroatoms. The third-order valence-corrected chi connectivity index (χ3v) is 6.04. The fourth-order valence-corrected chi connectivity index (χ4v) is 4.11. The lowest BCUT2D eigenvalue weighted by atomic mass is 9.98. The van der Waals surface area contributed by atoms with Crippen LogP contribution in [0.5, 0.6) is 0 Å². The standard InChI is InChI=1S/C17H21ClN4O4S/c1-21(17(23)13-4-3-9-22(10-13)27(2,24)25)11-15-19-16(20-26-15)12-5-7-14(18)8-6-12/h5-8,13H,3-4,9-11H2,1-2H3. The molecule has 0 radical (unpaired) electrons. The van der Waals surface area contributed by atoms with E-state index in [0.717, 1.165) is 5.56 Å². The van der Waals surface area contributed by atoms with Crippen molar-refractivity contribution >= 4 is 27.5 Å². The zero-order valence-corrected chi connectivity index (χ0v) is 16.7. The highest BCUT2D eigenvalue weighted by Crippen LogP contribution is 2.22. The van der Waals surface area contributed by atoms with Crippen molar-refractivity contribution in [1.29, 1.82) is 0 Å². The van der Waals surface area contributed by atoms with E-state index in [1.807, 2.05) is 0 Å². The van der Waals surface area contributed by atoms with E-state index in [1.54, 1.807) is 31.3 Å². The van der Waals surface area contributed by atoms with Crippen molar-refractivity contribution in [2.24, 2.45) is 5.92 Å². The number of sulfonamides is 1. The molecule has 3 rings (SSSR count). The van der Waals surface area contributed by atoms with Gasteiger partial charge in [0.2, 0.25) is 27.6 Å². The van der Waals surface area contributed by atoms with Gasteiger partial charge in [-0.1, -0.05) is 16.8 Å². The summed E-state index contributed by atoms with van der Waals surface area (Å²) in [6.45, 7) is 0.830. The van der Waals surface area contributed by atoms with E-state index in [2.05, 4.69) is 10.1 Å². The van der Waals surface area contributed by atoms with Crippen molar-refractivity contribution in [3.8, 4) is 11.4 Å². The maximum absolute atomic E-state index is 12.7. The van der Waals surface area contributed by atoms with Gasteiger partial charge in [-0.15, -0.1) is 0 Å². The smallest absolute Gasteiger partial charge is 0.246 e. The maximum Gasteiger partial charge on any atom is 0.246 e. The summed E-state index contributed by atoms with van der Waals surface area (Å²) >= 11 is 5.87. The van der Waals surface area contributed by atoms with Crippen molar-refractivity contribution in [2.75, 3.05) is 26.4 Å². The van der Waals surface area contributed by atoms with Crippen molar-refractivity contribution in [2.45, 2.75) is 19.4 Å². The monoisotopic (exact) mass is 412 g/mol. The number of hydrogen-bond acceptors (Lipinski definition) is 6. The SMILES string of the molecule is CN(Cc1nc(-c2ccc(Cl)cc2)no1)C(=O)C1CCCN(S(C)(=O)=O)C1. The van der Waals surface area contributed by atoms with E-state index in [9.17, 15) is 13.2 Å². The van der Waals surface area contributed by atoms with Crippen LogP contribution in [-0.4, -0.2) is 60.1 Å². The van der Waals surface area contributed by atoms with Crippen molar-refractivity contribution in [3.05, 3.63) is 35.2 Å². The van der Waals surface area contributed by atoms with Crippen LogP contribution in [0.25, 0.3) is 11.4 Å². The van der Waals surface area contributed by atoms with E-state index in [1.165, 1.54) is 15.5 Å². The number of carbonyl (C=O) groups excluding carboxylic acids is 1. The molecule has 1 aromatic heterocycles. The molecular weight excluding hydrogens is 392 g/mol. The van der Waals surface area contributed by atoms with Gasteiger partial charge in [-0.2, -0.15) is 4.98 Å². The second kappa shape index (κ2) is 7.95. The molecule has 0 N–H and O–H groups in total. The molecule has 1 unspecified atom stereocenters. The lowest BCUT2D eigenvalue weighted by Gasteiger charge is -2.32. The van der Waals surface area contributed by atoms with Gasteiger partial charge in [-0.05, 0) is 37.1 Å². The van der Waals surface area contributed by atoms with Crippen molar-refractivity contribution < 1.29 is 17.7 Å². The molecule has 27 heavy (non-hydrogen) atoms. The minimum Gasteiger partial charge on any atom is -0.337 e. The molecule has 1 saturated heterocycles. The number of carbonyl (C=O) groups is 1. The van der Waals surface area contributed by atoms with Gasteiger partial charge < -0.3 is 9.42 Å². The number of piperidine rings is 1. The topological polar surface area (TPSA) is 96.6 Å². The molecule has 1 fully saturated rings. The van der Waals surface area contributed by atoms with Gasteiger partial charge >= 0.3 is 0 Å². The van der Waals surface area contributed by atoms with Gasteiger partial charge in [0, 0.05) is 30.7 Å². The number of nitrogens with zero attached hydrogens (tertiary/aromatic N) is 4. The summed E-state index contributed by atoms with van der Waals surface area (Å²) in [5, 5.41) is 4.54. The summed E-state index contributed by atoms with van der Waals surface area (Å²) in [6, 6.07) is 7.04. The number of amides is 1. The Balaban J connectivity index is 1.64. The Hall–Kier alpha value is -1.97. The fourth-order valence-electron chi connectivity index (χ4n) is 3.07. The minimum atomic E-state index is -3.29. The minimum absolute atomic E-state index is 0.130. The summed E-state index contributed by atoms with van der Waals surface area (Å²) in [6.07, 6.45) is 2.49. The van der Waals surface area contributed by atoms with Gasteiger partial charge in [0.25, 0.3) is 0 Å². The first-order chi connectivity index (χ1) is 12.7. The normalized spacial score (nSPS) is 18.4. The molecule has 2 aromatic rings. The Kier molecular flexibility index (Phi) is 5.83. The number of halogens is 1. The Morgan fingerprint density at radius 1 is 1.37 bits per heavy atom. The Labute approximate surface area is 163 Å². The highest BCUT2D eigenvalue weighted by atomic mass is 35.5. The second-order valence-corrected chi connectivity index (χ2v) is 9.09. The molecular formula is C17H21ClN4O4S. The van der Waals surface area contributed by atoms with Gasteiger partial charge in [0.1, 0.15) is 0 Å². The first-order valence-corrected chi connectivity index (χ1v) is 10.8. The largest absolute Gasteiger partial charge is 0.337 e. The molecule has 8 nitrogen and oxygen atoms in total. The molecule has 2 heterocycles. The molecule has 1 atom stereocenters. The molecule has 0 saturated carbocycles. The molecule has 0 aliphatic carbocycles. The number of aromatic nitrogens is 2. The van der Waals surface area contributed by atoms with Crippen LogP contribution in [0.3, 0.4) is 0 Å². The number of hydrogen-bond donors (Lipinski definition) is 0. The summed E-state index contributed by atoms with van der Waals surface area (Å²) < 4.78 is 30.1. The molecule has 1 aromatic carbocycles. The zero-order valence-electron chi connectivity index (χ0n) is 15.1. The lowest BCUT2D eigenvalue weighted by Crippen LogP contribution is -2.45. The van der Waals surface area contributed by atoms with Crippen LogP contribution in [0.1, 0.15) is 18.7 Å². The zero-order chi connectivity index (χ0) is 19.6. The van der Waals surface area contributed by atoms with Crippen molar-refractivity contribution in [3.63, 3.8) is 0 Å². The van der Waals surface area contributed by atoms with Crippen LogP contribution in [0, 0.1) is 5.92 Å². The van der Waals surface area contributed by atoms with Gasteiger partial charge in [0.15, 0.2) is 0 Å². The van der Waals surface area contributed by atoms with Crippen LogP contribution < -0.4 is 0 Å². The molecule has 1 aliphatic heterocycles. The highest BCUT2D eigenvalue weighted by Gasteiger charge is 2.32. The molecule has 146 valence electrons. The summed E-state index contributed by atoms with van der Waals surface area (Å²) in [7, 11) is -1.65. The number of benzene rings is 1. The van der Waals surface area contributed by atoms with E-state index in [4.69, 9.17) is 16.1 Å². The third kappa shape index (κ3) is 4.85. The Morgan fingerprint density at radius 3 is 2.74 bits per heavy atom. The van der Waals surface area contributed by atoms with Crippen LogP contribution in [0.2, 0.25) is 5.02 Å². The van der Waals surface area contributed by atoms with E-state index in [0.29, 0.717) is 36.1 Å². The average molecular weight is 413 g/mol. The van der Waals surface area contributed by atoms with Crippen LogP contribution in [0.15, 0.2) is 28.8 Å². The summed E-state index contributed by atoms with van der Waals surface area (Å²) in [5.74, 6) is 0.238. The van der Waals surface area contributed by atoms with Gasteiger partial charge in [0.05, 0.1) is 18.7 Å². The van der Waals surface area contributed by atoms with Crippen LogP contribution in [0.4, 0.5) is 0 Å². The molecule has 1 amide bonds. The second-order valence-electron chi connectivity index (χ2n) is 6.67. The Morgan fingerprint density at radius 2 is 2.07 bits per heavy atom.